The van der Waals surface area contributed by atoms with Gasteiger partial charge in [-0.2, -0.15) is 0 Å². The number of amides is 2. The maximum atomic E-state index is 12.6. The zero-order chi connectivity index (χ0) is 13.3. The van der Waals surface area contributed by atoms with Gasteiger partial charge < -0.3 is 15.0 Å². The van der Waals surface area contributed by atoms with E-state index in [1.807, 2.05) is 0 Å². The van der Waals surface area contributed by atoms with Crippen LogP contribution in [0.2, 0.25) is 0 Å². The lowest BCUT2D eigenvalue weighted by molar-refractivity contribution is -0.149. The molecule has 2 amide bonds. The van der Waals surface area contributed by atoms with Gasteiger partial charge in [-0.1, -0.05) is 12.8 Å². The van der Waals surface area contributed by atoms with Crippen molar-refractivity contribution in [2.45, 2.75) is 44.1 Å². The van der Waals surface area contributed by atoms with Crippen molar-refractivity contribution in [1.82, 2.24) is 10.2 Å². The van der Waals surface area contributed by atoms with E-state index in [0.717, 1.165) is 51.7 Å². The molecule has 5 heteroatoms. The number of rotatable bonds is 3. The van der Waals surface area contributed by atoms with Crippen LogP contribution in [0.3, 0.4) is 0 Å². The zero-order valence-electron chi connectivity index (χ0n) is 11.3. The molecule has 0 aromatic heterocycles. The van der Waals surface area contributed by atoms with Crippen LogP contribution < -0.4 is 5.32 Å². The maximum absolute atomic E-state index is 12.6. The van der Waals surface area contributed by atoms with E-state index in [1.54, 1.807) is 4.90 Å². The zero-order valence-corrected chi connectivity index (χ0v) is 11.3. The molecule has 2 aliphatic heterocycles. The van der Waals surface area contributed by atoms with Gasteiger partial charge in [-0.3, -0.25) is 9.59 Å². The summed E-state index contributed by atoms with van der Waals surface area (Å²) in [5.74, 6) is 0.699. The topological polar surface area (TPSA) is 58.6 Å². The highest BCUT2D eigenvalue weighted by atomic mass is 16.5. The van der Waals surface area contributed by atoms with Gasteiger partial charge in [0.15, 0.2) is 0 Å². The Kier molecular flexibility index (Phi) is 3.48. The fourth-order valence-electron chi connectivity index (χ4n) is 3.56. The van der Waals surface area contributed by atoms with Crippen LogP contribution in [0, 0.1) is 5.92 Å². The molecule has 3 rings (SSSR count). The summed E-state index contributed by atoms with van der Waals surface area (Å²) < 4.78 is 5.36. The number of hydrogen-bond donors (Lipinski definition) is 1. The van der Waals surface area contributed by atoms with Gasteiger partial charge >= 0.3 is 0 Å². The average molecular weight is 266 g/mol. The number of carbonyl (C=O) groups excluding carboxylic acids is 2. The molecular formula is C14H22N2O3. The van der Waals surface area contributed by atoms with Crippen molar-refractivity contribution in [3.63, 3.8) is 0 Å². The van der Waals surface area contributed by atoms with Crippen molar-refractivity contribution in [2.75, 3.05) is 26.3 Å². The van der Waals surface area contributed by atoms with E-state index in [-0.39, 0.29) is 18.4 Å². The highest BCUT2D eigenvalue weighted by molar-refractivity contribution is 5.98. The first-order valence-electron chi connectivity index (χ1n) is 7.38. The molecule has 1 unspecified atom stereocenters. The summed E-state index contributed by atoms with van der Waals surface area (Å²) in [7, 11) is 0. The van der Waals surface area contributed by atoms with E-state index in [4.69, 9.17) is 4.74 Å². The van der Waals surface area contributed by atoms with Crippen molar-refractivity contribution in [3.05, 3.63) is 0 Å². The quantitative estimate of drug-likeness (QED) is 0.817. The molecule has 2 heterocycles. The smallest absolute Gasteiger partial charge is 0.248 e. The second kappa shape index (κ2) is 5.12. The molecular weight excluding hydrogens is 244 g/mol. The van der Waals surface area contributed by atoms with Gasteiger partial charge in [0.2, 0.25) is 11.8 Å². The molecule has 2 saturated heterocycles. The largest absolute Gasteiger partial charge is 0.381 e. The van der Waals surface area contributed by atoms with Crippen molar-refractivity contribution < 1.29 is 14.3 Å². The van der Waals surface area contributed by atoms with Crippen molar-refractivity contribution in [3.8, 4) is 0 Å². The van der Waals surface area contributed by atoms with E-state index in [1.165, 1.54) is 0 Å². The molecule has 19 heavy (non-hydrogen) atoms. The van der Waals surface area contributed by atoms with Gasteiger partial charge in [-0.25, -0.2) is 0 Å². The van der Waals surface area contributed by atoms with E-state index in [0.29, 0.717) is 12.5 Å². The first kappa shape index (κ1) is 12.9. The number of nitrogens with zero attached hydrogens (tertiary/aromatic N) is 1. The first-order chi connectivity index (χ1) is 9.20. The predicted octanol–water partition coefficient (Wildman–Crippen LogP) is 0.684. The SMILES string of the molecule is O=C1CN(CCC2CCOC2)C(=O)C2(CCCC2)N1. The number of ether oxygens (including phenoxy) is 1. The Hall–Kier alpha value is -1.10. The second-order valence-electron chi connectivity index (χ2n) is 6.08. The molecule has 1 aliphatic carbocycles. The van der Waals surface area contributed by atoms with Crippen LogP contribution in [0.1, 0.15) is 38.5 Å². The van der Waals surface area contributed by atoms with Crippen molar-refractivity contribution in [1.29, 1.82) is 0 Å². The lowest BCUT2D eigenvalue weighted by Gasteiger charge is -2.40. The summed E-state index contributed by atoms with van der Waals surface area (Å²) in [4.78, 5) is 26.2. The average Bonchev–Trinajstić information content (AvgIpc) is 3.04. The minimum atomic E-state index is -0.568. The Balaban J connectivity index is 1.63. The highest BCUT2D eigenvalue weighted by Gasteiger charge is 2.48. The standard InChI is InChI=1S/C14H22N2O3/c17-12-9-16(7-3-11-4-8-19-10-11)13(18)14(15-12)5-1-2-6-14/h11H,1-10H2,(H,15,17). The minimum absolute atomic E-state index is 0.00386. The monoisotopic (exact) mass is 266 g/mol. The van der Waals surface area contributed by atoms with E-state index in [9.17, 15) is 9.59 Å². The third-order valence-electron chi connectivity index (χ3n) is 4.70. The number of carbonyl (C=O) groups is 2. The number of piperazine rings is 1. The van der Waals surface area contributed by atoms with Gasteiger partial charge in [-0.15, -0.1) is 0 Å². The van der Waals surface area contributed by atoms with E-state index in [2.05, 4.69) is 5.32 Å². The Morgan fingerprint density at radius 2 is 2.11 bits per heavy atom. The number of hydrogen-bond acceptors (Lipinski definition) is 3. The maximum Gasteiger partial charge on any atom is 0.248 e. The summed E-state index contributed by atoms with van der Waals surface area (Å²) >= 11 is 0. The second-order valence-corrected chi connectivity index (χ2v) is 6.08. The summed E-state index contributed by atoms with van der Waals surface area (Å²) in [5, 5.41) is 2.94. The molecule has 0 radical (unpaired) electrons. The lowest BCUT2D eigenvalue weighted by Crippen LogP contribution is -2.65. The molecule has 1 atom stereocenters. The van der Waals surface area contributed by atoms with Gasteiger partial charge in [0.25, 0.3) is 0 Å². The molecule has 0 aromatic carbocycles. The van der Waals surface area contributed by atoms with Gasteiger partial charge in [0.1, 0.15) is 5.54 Å². The van der Waals surface area contributed by atoms with Crippen LogP contribution in [0.5, 0.6) is 0 Å². The minimum Gasteiger partial charge on any atom is -0.381 e. The molecule has 0 bridgehead atoms. The molecule has 106 valence electrons. The normalized spacial score (nSPS) is 30.1. The molecule has 1 saturated carbocycles. The lowest BCUT2D eigenvalue weighted by atomic mass is 9.92. The number of nitrogens with one attached hydrogen (secondary N) is 1. The molecule has 3 aliphatic rings. The summed E-state index contributed by atoms with van der Waals surface area (Å²) in [6, 6.07) is 0. The van der Waals surface area contributed by atoms with Crippen molar-refractivity contribution in [2.24, 2.45) is 5.92 Å². The van der Waals surface area contributed by atoms with E-state index >= 15 is 0 Å². The van der Waals surface area contributed by atoms with Gasteiger partial charge in [0, 0.05) is 19.8 Å². The van der Waals surface area contributed by atoms with Crippen LogP contribution in [-0.2, 0) is 14.3 Å². The molecule has 5 nitrogen and oxygen atoms in total. The Morgan fingerprint density at radius 1 is 1.32 bits per heavy atom. The fraction of sp³-hybridized carbons (Fsp3) is 0.857. The summed E-state index contributed by atoms with van der Waals surface area (Å²) in [6.45, 7) is 2.57. The van der Waals surface area contributed by atoms with Crippen molar-refractivity contribution >= 4 is 11.8 Å². The Labute approximate surface area is 113 Å². The molecule has 1 spiro atoms. The third kappa shape index (κ3) is 2.48. The Morgan fingerprint density at radius 3 is 2.79 bits per heavy atom. The molecule has 3 fully saturated rings. The Bertz CT molecular complexity index is 371. The van der Waals surface area contributed by atoms with Crippen LogP contribution in [0.15, 0.2) is 0 Å². The third-order valence-corrected chi connectivity index (χ3v) is 4.70. The van der Waals surface area contributed by atoms with Gasteiger partial charge in [0.05, 0.1) is 6.54 Å². The molecule has 0 aromatic rings. The first-order valence-corrected chi connectivity index (χ1v) is 7.38. The van der Waals surface area contributed by atoms with E-state index < -0.39 is 5.54 Å². The summed E-state index contributed by atoms with van der Waals surface area (Å²) in [5.41, 5.74) is -0.568. The van der Waals surface area contributed by atoms with Crippen LogP contribution in [0.25, 0.3) is 0 Å². The summed E-state index contributed by atoms with van der Waals surface area (Å²) in [6.07, 6.45) is 5.72. The highest BCUT2D eigenvalue weighted by Crippen LogP contribution is 2.33. The van der Waals surface area contributed by atoms with Crippen LogP contribution in [0.4, 0.5) is 0 Å². The van der Waals surface area contributed by atoms with Crippen LogP contribution in [-0.4, -0.2) is 48.6 Å². The van der Waals surface area contributed by atoms with Gasteiger partial charge in [-0.05, 0) is 31.6 Å². The molecule has 1 N–H and O–H groups in total. The predicted molar refractivity (Wildman–Crippen MR) is 69.5 cm³/mol. The van der Waals surface area contributed by atoms with Crippen LogP contribution >= 0.6 is 0 Å². The fourth-order valence-corrected chi connectivity index (χ4v) is 3.56.